The summed E-state index contributed by atoms with van der Waals surface area (Å²) >= 11 is 5.99. The molecule has 32 heavy (non-hydrogen) atoms. The van der Waals surface area contributed by atoms with Crippen molar-refractivity contribution in [2.75, 3.05) is 30.5 Å². The van der Waals surface area contributed by atoms with Crippen molar-refractivity contribution in [1.82, 2.24) is 4.90 Å². The Balaban J connectivity index is 1.58. The maximum atomic E-state index is 13.8. The van der Waals surface area contributed by atoms with E-state index in [1.165, 1.54) is 41.8 Å². The summed E-state index contributed by atoms with van der Waals surface area (Å²) in [6.45, 7) is 3.51. The maximum absolute atomic E-state index is 13.8. The van der Waals surface area contributed by atoms with E-state index in [-0.39, 0.29) is 9.92 Å². The van der Waals surface area contributed by atoms with Crippen LogP contribution in [0.4, 0.5) is 10.1 Å². The molecule has 3 aromatic carbocycles. The Kier molecular flexibility index (Phi) is 7.33. The van der Waals surface area contributed by atoms with Crippen molar-refractivity contribution in [3.8, 4) is 0 Å². The first-order valence-electron chi connectivity index (χ1n) is 11.1. The van der Waals surface area contributed by atoms with Crippen LogP contribution in [-0.2, 0) is 10.0 Å². The Morgan fingerprint density at radius 2 is 1.66 bits per heavy atom. The second kappa shape index (κ2) is 10.2. The van der Waals surface area contributed by atoms with Crippen LogP contribution in [0.25, 0.3) is 10.8 Å². The van der Waals surface area contributed by atoms with Crippen LogP contribution in [0.2, 0.25) is 5.02 Å². The van der Waals surface area contributed by atoms with E-state index in [9.17, 15) is 12.8 Å². The number of anilines is 1. The molecule has 1 aliphatic rings. The summed E-state index contributed by atoms with van der Waals surface area (Å²) in [6, 6.07) is 16.9. The standard InChI is InChI=1S/C25H28ClFN2O2S/c26-24-19-22(11-13-25(24)27)29(17-7-6-16-28-14-4-1-5-15-28)32(30,31)23-12-10-20-8-2-3-9-21(20)18-23/h2-3,8-13,18-19H,1,4-7,14-17H2. The number of unbranched alkanes of at least 4 members (excludes halogenated alkanes) is 1. The molecule has 7 heteroatoms. The number of halogens is 2. The highest BCUT2D eigenvalue weighted by molar-refractivity contribution is 7.92. The highest BCUT2D eigenvalue weighted by Crippen LogP contribution is 2.29. The van der Waals surface area contributed by atoms with Gasteiger partial charge in [0, 0.05) is 6.54 Å². The van der Waals surface area contributed by atoms with Crippen LogP contribution in [-0.4, -0.2) is 39.5 Å². The second-order valence-electron chi connectivity index (χ2n) is 8.29. The Morgan fingerprint density at radius 1 is 0.906 bits per heavy atom. The van der Waals surface area contributed by atoms with Gasteiger partial charge in [-0.3, -0.25) is 4.31 Å². The lowest BCUT2D eigenvalue weighted by Gasteiger charge is -2.28. The molecule has 0 unspecified atom stereocenters. The van der Waals surface area contributed by atoms with Crippen molar-refractivity contribution in [3.05, 3.63) is 71.5 Å². The molecule has 1 heterocycles. The fourth-order valence-corrected chi connectivity index (χ4v) is 5.96. The molecule has 0 N–H and O–H groups in total. The summed E-state index contributed by atoms with van der Waals surface area (Å²) in [5.74, 6) is -0.566. The summed E-state index contributed by atoms with van der Waals surface area (Å²) in [5, 5.41) is 1.75. The summed E-state index contributed by atoms with van der Waals surface area (Å²) < 4.78 is 42.4. The number of hydrogen-bond acceptors (Lipinski definition) is 3. The SMILES string of the molecule is O=S(=O)(c1ccc2ccccc2c1)N(CCCCN1CCCCC1)c1ccc(F)c(Cl)c1. The molecule has 4 nitrogen and oxygen atoms in total. The summed E-state index contributed by atoms with van der Waals surface area (Å²) in [5.41, 5.74) is 0.377. The highest BCUT2D eigenvalue weighted by Gasteiger charge is 2.26. The van der Waals surface area contributed by atoms with Gasteiger partial charge in [0.15, 0.2) is 0 Å². The second-order valence-corrected chi connectivity index (χ2v) is 10.6. The van der Waals surface area contributed by atoms with Crippen LogP contribution < -0.4 is 4.31 Å². The van der Waals surface area contributed by atoms with Crippen molar-refractivity contribution in [2.24, 2.45) is 0 Å². The van der Waals surface area contributed by atoms with Gasteiger partial charge in [0.1, 0.15) is 5.82 Å². The van der Waals surface area contributed by atoms with E-state index in [0.717, 1.165) is 36.8 Å². The topological polar surface area (TPSA) is 40.6 Å². The Labute approximate surface area is 194 Å². The van der Waals surface area contributed by atoms with Crippen molar-refractivity contribution < 1.29 is 12.8 Å². The lowest BCUT2D eigenvalue weighted by molar-refractivity contribution is 0.225. The van der Waals surface area contributed by atoms with Gasteiger partial charge >= 0.3 is 0 Å². The lowest BCUT2D eigenvalue weighted by Crippen LogP contribution is -2.34. The fourth-order valence-electron chi connectivity index (χ4n) is 4.26. The Bertz CT molecular complexity index is 1180. The van der Waals surface area contributed by atoms with Crippen LogP contribution in [0.5, 0.6) is 0 Å². The third-order valence-corrected chi connectivity index (χ3v) is 8.15. The first-order chi connectivity index (χ1) is 15.4. The zero-order valence-electron chi connectivity index (χ0n) is 18.0. The molecule has 0 bridgehead atoms. The fraction of sp³-hybridized carbons (Fsp3) is 0.360. The molecule has 0 atom stereocenters. The minimum absolute atomic E-state index is 0.0884. The smallest absolute Gasteiger partial charge is 0.264 e. The first-order valence-corrected chi connectivity index (χ1v) is 13.0. The van der Waals surface area contributed by atoms with Crippen LogP contribution in [0.15, 0.2) is 65.6 Å². The average molecular weight is 475 g/mol. The van der Waals surface area contributed by atoms with Gasteiger partial charge in [-0.25, -0.2) is 12.8 Å². The molecule has 4 rings (SSSR count). The summed E-state index contributed by atoms with van der Waals surface area (Å²) in [6.07, 6.45) is 5.36. The van der Waals surface area contributed by atoms with Crippen LogP contribution in [0.3, 0.4) is 0 Å². The molecule has 0 aromatic heterocycles. The normalized spacial score (nSPS) is 15.2. The van der Waals surface area contributed by atoms with Gasteiger partial charge < -0.3 is 4.90 Å². The van der Waals surface area contributed by atoms with E-state index in [0.29, 0.717) is 18.7 Å². The monoisotopic (exact) mass is 474 g/mol. The molecule has 0 radical (unpaired) electrons. The van der Waals surface area contributed by atoms with E-state index in [2.05, 4.69) is 4.90 Å². The predicted molar refractivity (Wildman–Crippen MR) is 129 cm³/mol. The van der Waals surface area contributed by atoms with Gasteiger partial charge in [-0.15, -0.1) is 0 Å². The lowest BCUT2D eigenvalue weighted by atomic mass is 10.1. The van der Waals surface area contributed by atoms with Gasteiger partial charge in [-0.1, -0.05) is 48.4 Å². The van der Waals surface area contributed by atoms with Crippen LogP contribution in [0.1, 0.15) is 32.1 Å². The number of rotatable bonds is 8. The third kappa shape index (κ3) is 5.25. The minimum atomic E-state index is -3.84. The highest BCUT2D eigenvalue weighted by atomic mass is 35.5. The van der Waals surface area contributed by atoms with Gasteiger partial charge in [-0.2, -0.15) is 0 Å². The quantitative estimate of drug-likeness (QED) is 0.371. The largest absolute Gasteiger partial charge is 0.303 e. The molecular formula is C25H28ClFN2O2S. The van der Waals surface area contributed by atoms with E-state index in [4.69, 9.17) is 11.6 Å². The van der Waals surface area contributed by atoms with Gasteiger partial charge in [0.25, 0.3) is 10.0 Å². The molecule has 1 saturated heterocycles. The predicted octanol–water partition coefficient (Wildman–Crippen LogP) is 6.09. The van der Waals surface area contributed by atoms with Crippen molar-refractivity contribution in [2.45, 2.75) is 37.0 Å². The molecule has 1 fully saturated rings. The van der Waals surface area contributed by atoms with E-state index in [1.807, 2.05) is 30.3 Å². The average Bonchev–Trinajstić information content (AvgIpc) is 2.81. The van der Waals surface area contributed by atoms with E-state index in [1.54, 1.807) is 12.1 Å². The number of benzene rings is 3. The minimum Gasteiger partial charge on any atom is -0.303 e. The molecule has 170 valence electrons. The zero-order chi connectivity index (χ0) is 22.6. The summed E-state index contributed by atoms with van der Waals surface area (Å²) in [4.78, 5) is 2.66. The molecule has 0 aliphatic carbocycles. The van der Waals surface area contributed by atoms with E-state index < -0.39 is 15.8 Å². The van der Waals surface area contributed by atoms with Crippen LogP contribution in [0, 0.1) is 5.82 Å². The van der Waals surface area contributed by atoms with Crippen molar-refractivity contribution in [1.29, 1.82) is 0 Å². The molecule has 0 saturated carbocycles. The zero-order valence-corrected chi connectivity index (χ0v) is 19.6. The third-order valence-electron chi connectivity index (χ3n) is 6.03. The first kappa shape index (κ1) is 23.0. The molecular weight excluding hydrogens is 447 g/mol. The molecule has 0 spiro atoms. The molecule has 3 aromatic rings. The van der Waals surface area contributed by atoms with Crippen molar-refractivity contribution in [3.63, 3.8) is 0 Å². The van der Waals surface area contributed by atoms with Gasteiger partial charge in [0.05, 0.1) is 15.6 Å². The van der Waals surface area contributed by atoms with Crippen LogP contribution >= 0.6 is 11.6 Å². The number of fused-ring (bicyclic) bond motifs is 1. The maximum Gasteiger partial charge on any atom is 0.264 e. The number of likely N-dealkylation sites (tertiary alicyclic amines) is 1. The molecule has 1 aliphatic heterocycles. The number of nitrogens with zero attached hydrogens (tertiary/aromatic N) is 2. The van der Waals surface area contributed by atoms with Gasteiger partial charge in [0.2, 0.25) is 0 Å². The van der Waals surface area contributed by atoms with Crippen molar-refractivity contribution >= 4 is 38.1 Å². The summed E-state index contributed by atoms with van der Waals surface area (Å²) in [7, 11) is -3.84. The van der Waals surface area contributed by atoms with E-state index >= 15 is 0 Å². The number of sulfonamides is 1. The molecule has 0 amide bonds. The van der Waals surface area contributed by atoms with Gasteiger partial charge in [-0.05, 0) is 86.4 Å². The Morgan fingerprint density at radius 3 is 2.41 bits per heavy atom. The number of hydrogen-bond donors (Lipinski definition) is 0. The number of piperidine rings is 1. The Hall–Kier alpha value is -2.15.